The lowest BCUT2D eigenvalue weighted by molar-refractivity contribution is 1.27. The molecule has 0 atom stereocenters. The lowest BCUT2D eigenvalue weighted by Crippen LogP contribution is -1.86. The summed E-state index contributed by atoms with van der Waals surface area (Å²) >= 11 is 0. The molecule has 0 fully saturated rings. The van der Waals surface area contributed by atoms with Crippen molar-refractivity contribution >= 4 is 32.3 Å². The van der Waals surface area contributed by atoms with E-state index in [1.54, 1.807) is 0 Å². The second-order valence-electron chi connectivity index (χ2n) is 6.98. The number of rotatable bonds is 0. The second-order valence-corrected chi connectivity index (χ2v) is 6.98. The fourth-order valence-electron chi connectivity index (χ4n) is 4.54. The zero-order chi connectivity index (χ0) is 16.4. The Labute approximate surface area is 146 Å². The Morgan fingerprint density at radius 2 is 0.920 bits per heavy atom. The molecule has 25 heavy (non-hydrogen) atoms. The summed E-state index contributed by atoms with van der Waals surface area (Å²) in [4.78, 5) is 0. The van der Waals surface area contributed by atoms with Crippen LogP contribution in [0.4, 0.5) is 0 Å². The smallest absolute Gasteiger partial charge is 0.00132 e. The molecule has 0 nitrogen and oxygen atoms in total. The Hall–Kier alpha value is -3.12. The van der Waals surface area contributed by atoms with Gasteiger partial charge < -0.3 is 0 Å². The van der Waals surface area contributed by atoms with Gasteiger partial charge >= 0.3 is 0 Å². The minimum Gasteiger partial charge on any atom is -0.0619 e. The highest BCUT2D eigenvalue weighted by Crippen LogP contribution is 2.42. The molecule has 0 saturated heterocycles. The maximum absolute atomic E-state index is 2.43. The van der Waals surface area contributed by atoms with Crippen molar-refractivity contribution in [2.75, 3.05) is 0 Å². The summed E-state index contributed by atoms with van der Waals surface area (Å²) in [5.74, 6) is 0. The Kier molecular flexibility index (Phi) is 2.48. The molecule has 5 aromatic rings. The van der Waals surface area contributed by atoms with Gasteiger partial charge in [0.2, 0.25) is 0 Å². The molecule has 0 saturated carbocycles. The van der Waals surface area contributed by atoms with Crippen molar-refractivity contribution in [1.82, 2.24) is 0 Å². The maximum atomic E-state index is 2.43. The highest BCUT2D eigenvalue weighted by Gasteiger charge is 2.20. The standard InChI is InChI=1S/C25H16/c1-2-8-18-16(7-1)13-17-14-24-21-11-5-3-9-19(21)20-10-4-6-12-22(20)25(24)15-23(17)18/h1-12,14-15H,13H2. The van der Waals surface area contributed by atoms with Crippen LogP contribution in [0.2, 0.25) is 0 Å². The second kappa shape index (κ2) is 4.70. The van der Waals surface area contributed by atoms with Gasteiger partial charge in [0.05, 0.1) is 0 Å². The summed E-state index contributed by atoms with van der Waals surface area (Å²) in [5.41, 5.74) is 5.70. The fraction of sp³-hybridized carbons (Fsp3) is 0.0400. The molecule has 0 aliphatic heterocycles. The summed E-state index contributed by atoms with van der Waals surface area (Å²) < 4.78 is 0. The largest absolute Gasteiger partial charge is 0.0619 e. The lowest BCUT2D eigenvalue weighted by Gasteiger charge is -2.12. The predicted octanol–water partition coefficient (Wildman–Crippen LogP) is 6.72. The van der Waals surface area contributed by atoms with E-state index in [0.717, 1.165) is 6.42 Å². The van der Waals surface area contributed by atoms with Gasteiger partial charge in [-0.25, -0.2) is 0 Å². The van der Waals surface area contributed by atoms with Gasteiger partial charge in [-0.3, -0.25) is 0 Å². The van der Waals surface area contributed by atoms with E-state index >= 15 is 0 Å². The Morgan fingerprint density at radius 3 is 1.60 bits per heavy atom. The third-order valence-electron chi connectivity index (χ3n) is 5.66. The minimum atomic E-state index is 1.04. The van der Waals surface area contributed by atoms with E-state index in [1.165, 1.54) is 54.6 Å². The van der Waals surface area contributed by atoms with Gasteiger partial charge in [-0.05, 0) is 73.1 Å². The third-order valence-corrected chi connectivity index (χ3v) is 5.66. The first-order chi connectivity index (χ1) is 12.4. The normalized spacial score (nSPS) is 12.6. The number of hydrogen-bond donors (Lipinski definition) is 0. The van der Waals surface area contributed by atoms with E-state index in [4.69, 9.17) is 0 Å². The number of fused-ring (bicyclic) bond motifs is 9. The van der Waals surface area contributed by atoms with Gasteiger partial charge in [0.15, 0.2) is 0 Å². The summed E-state index contributed by atoms with van der Waals surface area (Å²) in [6, 6.07) is 31.3. The maximum Gasteiger partial charge on any atom is -0.00132 e. The van der Waals surface area contributed by atoms with Crippen LogP contribution in [-0.2, 0) is 6.42 Å². The monoisotopic (exact) mass is 316 g/mol. The zero-order valence-electron chi connectivity index (χ0n) is 13.8. The van der Waals surface area contributed by atoms with Gasteiger partial charge in [-0.1, -0.05) is 72.8 Å². The SMILES string of the molecule is c1ccc2c(c1)Cc1cc3c4ccccc4c4ccccc4c3cc1-2. The Morgan fingerprint density at radius 1 is 0.400 bits per heavy atom. The first-order valence-corrected chi connectivity index (χ1v) is 8.84. The van der Waals surface area contributed by atoms with Crippen LogP contribution in [0.1, 0.15) is 11.1 Å². The highest BCUT2D eigenvalue weighted by atomic mass is 14.2. The molecule has 5 aromatic carbocycles. The molecule has 0 bridgehead atoms. The molecule has 0 radical (unpaired) electrons. The third kappa shape index (κ3) is 1.71. The molecule has 0 heteroatoms. The lowest BCUT2D eigenvalue weighted by atomic mass is 9.91. The number of benzene rings is 5. The molecule has 0 amide bonds. The van der Waals surface area contributed by atoms with Crippen molar-refractivity contribution in [1.29, 1.82) is 0 Å². The van der Waals surface area contributed by atoms with Crippen LogP contribution < -0.4 is 0 Å². The molecule has 1 aliphatic rings. The van der Waals surface area contributed by atoms with Crippen molar-refractivity contribution in [3.05, 3.63) is 96.1 Å². The van der Waals surface area contributed by atoms with Gasteiger partial charge in [0.25, 0.3) is 0 Å². The summed E-state index contributed by atoms with van der Waals surface area (Å²) in [6.07, 6.45) is 1.04. The van der Waals surface area contributed by atoms with Crippen molar-refractivity contribution in [3.8, 4) is 11.1 Å². The molecule has 0 aromatic heterocycles. The quantitative estimate of drug-likeness (QED) is 0.273. The van der Waals surface area contributed by atoms with Crippen LogP contribution >= 0.6 is 0 Å². The predicted molar refractivity (Wildman–Crippen MR) is 107 cm³/mol. The van der Waals surface area contributed by atoms with Gasteiger partial charge in [-0.2, -0.15) is 0 Å². The van der Waals surface area contributed by atoms with E-state index in [2.05, 4.69) is 84.9 Å². The summed E-state index contributed by atoms with van der Waals surface area (Å²) in [6.45, 7) is 0. The van der Waals surface area contributed by atoms with Crippen molar-refractivity contribution in [2.45, 2.75) is 6.42 Å². The van der Waals surface area contributed by atoms with Crippen LogP contribution in [0.25, 0.3) is 43.4 Å². The average molecular weight is 316 g/mol. The van der Waals surface area contributed by atoms with Crippen LogP contribution in [0.15, 0.2) is 84.9 Å². The van der Waals surface area contributed by atoms with Crippen molar-refractivity contribution < 1.29 is 0 Å². The van der Waals surface area contributed by atoms with E-state index in [-0.39, 0.29) is 0 Å². The minimum absolute atomic E-state index is 1.04. The Bertz CT molecular complexity index is 1310. The molecule has 0 heterocycles. The molecule has 0 N–H and O–H groups in total. The van der Waals surface area contributed by atoms with Crippen molar-refractivity contribution in [2.24, 2.45) is 0 Å². The average Bonchev–Trinajstić information content (AvgIpc) is 3.04. The Balaban J connectivity index is 1.85. The van der Waals surface area contributed by atoms with E-state index < -0.39 is 0 Å². The van der Waals surface area contributed by atoms with E-state index in [1.807, 2.05) is 0 Å². The van der Waals surface area contributed by atoms with Crippen LogP contribution in [0, 0.1) is 0 Å². The van der Waals surface area contributed by atoms with Gasteiger partial charge in [-0.15, -0.1) is 0 Å². The van der Waals surface area contributed by atoms with Crippen LogP contribution in [0.3, 0.4) is 0 Å². The zero-order valence-corrected chi connectivity index (χ0v) is 13.8. The first kappa shape index (κ1) is 13.2. The van der Waals surface area contributed by atoms with Gasteiger partial charge in [0.1, 0.15) is 0 Å². The van der Waals surface area contributed by atoms with Crippen molar-refractivity contribution in [3.63, 3.8) is 0 Å². The molecular formula is C25H16. The van der Waals surface area contributed by atoms with E-state index in [0.29, 0.717) is 0 Å². The molecule has 0 spiro atoms. The highest BCUT2D eigenvalue weighted by molar-refractivity contribution is 6.26. The summed E-state index contributed by atoms with van der Waals surface area (Å²) in [7, 11) is 0. The summed E-state index contributed by atoms with van der Waals surface area (Å²) in [5, 5.41) is 8.14. The fourth-order valence-corrected chi connectivity index (χ4v) is 4.54. The van der Waals surface area contributed by atoms with E-state index in [9.17, 15) is 0 Å². The number of hydrogen-bond acceptors (Lipinski definition) is 0. The van der Waals surface area contributed by atoms with Crippen LogP contribution in [-0.4, -0.2) is 0 Å². The topological polar surface area (TPSA) is 0 Å². The van der Waals surface area contributed by atoms with Crippen LogP contribution in [0.5, 0.6) is 0 Å². The molecule has 116 valence electrons. The molecule has 0 unspecified atom stereocenters. The molecule has 6 rings (SSSR count). The molecule has 1 aliphatic carbocycles. The molecular weight excluding hydrogens is 300 g/mol. The van der Waals surface area contributed by atoms with Gasteiger partial charge in [0, 0.05) is 0 Å². The first-order valence-electron chi connectivity index (χ1n) is 8.84.